The van der Waals surface area contributed by atoms with Gasteiger partial charge in [0.25, 0.3) is 5.91 Å². The lowest BCUT2D eigenvalue weighted by Gasteiger charge is -2.35. The molecule has 33 heavy (non-hydrogen) atoms. The van der Waals surface area contributed by atoms with Gasteiger partial charge in [0, 0.05) is 50.2 Å². The lowest BCUT2D eigenvalue weighted by Crippen LogP contribution is -2.43. The number of carbonyl (C=O) groups is 1. The van der Waals surface area contributed by atoms with Crippen LogP contribution in [0.2, 0.25) is 0 Å². The fourth-order valence-corrected chi connectivity index (χ4v) is 5.33. The molecule has 1 amide bonds. The van der Waals surface area contributed by atoms with Crippen LogP contribution < -0.4 is 16.2 Å². The largest absolute Gasteiger partial charge is 0.493 e. The maximum Gasteiger partial charge on any atom is 0.265 e. The van der Waals surface area contributed by atoms with Crippen molar-refractivity contribution in [2.45, 2.75) is 58.0 Å². The van der Waals surface area contributed by atoms with Crippen LogP contribution in [0.3, 0.4) is 0 Å². The Balaban J connectivity index is 1.43. The van der Waals surface area contributed by atoms with E-state index in [1.807, 2.05) is 18.2 Å². The van der Waals surface area contributed by atoms with Gasteiger partial charge in [0.1, 0.15) is 11.4 Å². The lowest BCUT2D eigenvalue weighted by atomic mass is 10.0. The molecule has 0 bridgehead atoms. The summed E-state index contributed by atoms with van der Waals surface area (Å²) in [5, 5.41) is 0.979. The number of benzene rings is 1. The molecule has 3 heterocycles. The van der Waals surface area contributed by atoms with Crippen LogP contribution >= 0.6 is 0 Å². The second-order valence-electron chi connectivity index (χ2n) is 10.3. The molecule has 0 radical (unpaired) electrons. The number of likely N-dealkylation sites (tertiary alicyclic amines) is 2. The number of hydrogen-bond acceptors (Lipinski definition) is 5. The van der Waals surface area contributed by atoms with Crippen LogP contribution in [-0.2, 0) is 0 Å². The number of aromatic nitrogens is 1. The molecule has 4 rings (SSSR count). The van der Waals surface area contributed by atoms with Gasteiger partial charge in [-0.1, -0.05) is 26.3 Å². The minimum atomic E-state index is -0.374. The maximum atomic E-state index is 12.3. The third-order valence-electron chi connectivity index (χ3n) is 7.11. The van der Waals surface area contributed by atoms with E-state index in [9.17, 15) is 4.79 Å². The zero-order valence-corrected chi connectivity index (χ0v) is 20.3. The van der Waals surface area contributed by atoms with Gasteiger partial charge in [-0.3, -0.25) is 4.79 Å². The summed E-state index contributed by atoms with van der Waals surface area (Å²) in [6.45, 7) is 11.4. The average molecular weight is 456 g/mol. The van der Waals surface area contributed by atoms with Gasteiger partial charge in [-0.15, -0.1) is 0 Å². The van der Waals surface area contributed by atoms with Crippen LogP contribution in [0.4, 0.5) is 0 Å². The summed E-state index contributed by atoms with van der Waals surface area (Å²) in [7, 11) is 0. The number of carbonyl (C=O) groups excluding carboxylic acids is 1. The van der Waals surface area contributed by atoms with Crippen LogP contribution in [0.25, 0.3) is 10.9 Å². The van der Waals surface area contributed by atoms with Crippen molar-refractivity contribution in [3.63, 3.8) is 0 Å². The van der Waals surface area contributed by atoms with Crippen molar-refractivity contribution < 1.29 is 9.53 Å². The highest BCUT2D eigenvalue weighted by Crippen LogP contribution is 2.35. The smallest absolute Gasteiger partial charge is 0.265 e. The van der Waals surface area contributed by atoms with Gasteiger partial charge in [0.15, 0.2) is 0 Å². The Morgan fingerprint density at radius 2 is 1.85 bits per heavy atom. The summed E-state index contributed by atoms with van der Waals surface area (Å²) >= 11 is 0. The topological polar surface area (TPSA) is 89.8 Å². The quantitative estimate of drug-likeness (QED) is 0.638. The molecule has 2 aromatic rings. The number of fused-ring (bicyclic) bond motifs is 1. The Labute approximate surface area is 198 Å². The second kappa shape index (κ2) is 10.9. The molecule has 0 aliphatic carbocycles. The predicted octanol–water partition coefficient (Wildman–Crippen LogP) is 3.23. The molecule has 0 spiro atoms. The molecule has 1 aromatic carbocycles. The molecule has 4 N–H and O–H groups in total. The molecule has 0 saturated carbocycles. The van der Waals surface area contributed by atoms with Crippen molar-refractivity contribution in [3.8, 4) is 5.75 Å². The van der Waals surface area contributed by atoms with Gasteiger partial charge in [-0.2, -0.15) is 0 Å². The molecule has 2 aliphatic rings. The van der Waals surface area contributed by atoms with Gasteiger partial charge in [-0.25, -0.2) is 0 Å². The number of hydrogen-bond donors (Lipinski definition) is 2. The predicted molar refractivity (Wildman–Crippen MR) is 134 cm³/mol. The van der Waals surface area contributed by atoms with Gasteiger partial charge in [0.05, 0.1) is 12.1 Å². The van der Waals surface area contributed by atoms with E-state index in [-0.39, 0.29) is 11.9 Å². The minimum Gasteiger partial charge on any atom is -0.493 e. The van der Waals surface area contributed by atoms with Crippen LogP contribution in [0.15, 0.2) is 24.3 Å². The highest BCUT2D eigenvalue weighted by Gasteiger charge is 2.26. The molecule has 7 heteroatoms. The average Bonchev–Trinajstić information content (AvgIpc) is 3.07. The Morgan fingerprint density at radius 3 is 2.58 bits per heavy atom. The van der Waals surface area contributed by atoms with E-state index in [2.05, 4.69) is 34.3 Å². The first-order chi connectivity index (χ1) is 15.9. The van der Waals surface area contributed by atoms with Gasteiger partial charge < -0.3 is 30.6 Å². The lowest BCUT2D eigenvalue weighted by molar-refractivity contribution is 0.0984. The second-order valence-corrected chi connectivity index (χ2v) is 10.3. The standard InChI is InChI=1S/C26H41N5O2/c1-19(2)18-33-25-8-5-7-23-22(25)16-24(26(28)32)31(23)21-9-12-29(13-10-21)14-15-30-11-4-3-6-20(27)17-30/h5,7-8,16,19-21H,3-4,6,9-15,17-18,27H2,1-2H3,(H2,28,32). The molecule has 1 atom stereocenters. The van der Waals surface area contributed by atoms with Gasteiger partial charge in [0.2, 0.25) is 0 Å². The number of rotatable bonds is 8. The Hall–Kier alpha value is -2.09. The highest BCUT2D eigenvalue weighted by atomic mass is 16.5. The normalized spacial score (nSPS) is 21.5. The number of ether oxygens (including phenoxy) is 1. The molecule has 1 aromatic heterocycles. The van der Waals surface area contributed by atoms with Crippen molar-refractivity contribution in [3.05, 3.63) is 30.0 Å². The number of nitrogens with zero attached hydrogens (tertiary/aromatic N) is 3. The molecule has 7 nitrogen and oxygen atoms in total. The van der Waals surface area contributed by atoms with Crippen molar-refractivity contribution in [2.75, 3.05) is 45.9 Å². The molecular weight excluding hydrogens is 414 g/mol. The van der Waals surface area contributed by atoms with E-state index in [0.29, 0.717) is 24.3 Å². The number of nitrogens with two attached hydrogens (primary N) is 2. The van der Waals surface area contributed by atoms with E-state index in [0.717, 1.165) is 68.6 Å². The summed E-state index contributed by atoms with van der Waals surface area (Å²) in [5.41, 5.74) is 13.7. The fourth-order valence-electron chi connectivity index (χ4n) is 5.33. The minimum absolute atomic E-state index is 0.271. The van der Waals surface area contributed by atoms with Crippen LogP contribution in [0.5, 0.6) is 5.75 Å². The first kappa shape index (κ1) is 24.0. The third kappa shape index (κ3) is 5.89. The third-order valence-corrected chi connectivity index (χ3v) is 7.11. The Morgan fingerprint density at radius 1 is 1.09 bits per heavy atom. The number of amides is 1. The summed E-state index contributed by atoms with van der Waals surface area (Å²) < 4.78 is 8.22. The van der Waals surface area contributed by atoms with E-state index < -0.39 is 0 Å². The van der Waals surface area contributed by atoms with Crippen LogP contribution in [0, 0.1) is 5.92 Å². The first-order valence-electron chi connectivity index (χ1n) is 12.7. The Kier molecular flexibility index (Phi) is 7.94. The van der Waals surface area contributed by atoms with Gasteiger partial charge in [-0.05, 0) is 56.3 Å². The first-order valence-corrected chi connectivity index (χ1v) is 12.7. The zero-order valence-electron chi connectivity index (χ0n) is 20.3. The van der Waals surface area contributed by atoms with Crippen molar-refractivity contribution in [1.29, 1.82) is 0 Å². The monoisotopic (exact) mass is 455 g/mol. The number of piperidine rings is 1. The van der Waals surface area contributed by atoms with E-state index >= 15 is 0 Å². The van der Waals surface area contributed by atoms with Crippen molar-refractivity contribution in [2.24, 2.45) is 17.4 Å². The van der Waals surface area contributed by atoms with E-state index in [1.54, 1.807) is 0 Å². The summed E-state index contributed by atoms with van der Waals surface area (Å²) in [5.74, 6) is 0.892. The molecule has 2 saturated heterocycles. The number of primary amides is 1. The van der Waals surface area contributed by atoms with Crippen molar-refractivity contribution in [1.82, 2.24) is 14.4 Å². The molecule has 2 aliphatic heterocycles. The van der Waals surface area contributed by atoms with E-state index in [1.165, 1.54) is 19.4 Å². The maximum absolute atomic E-state index is 12.3. The molecule has 2 fully saturated rings. The summed E-state index contributed by atoms with van der Waals surface area (Å²) in [4.78, 5) is 17.4. The molecule has 1 unspecified atom stereocenters. The molecular formula is C26H41N5O2. The highest BCUT2D eigenvalue weighted by molar-refractivity contribution is 5.99. The molecule has 182 valence electrons. The van der Waals surface area contributed by atoms with Gasteiger partial charge >= 0.3 is 0 Å². The summed E-state index contributed by atoms with van der Waals surface area (Å²) in [6, 6.07) is 8.59. The van der Waals surface area contributed by atoms with Crippen LogP contribution in [-0.4, -0.2) is 72.2 Å². The summed E-state index contributed by atoms with van der Waals surface area (Å²) in [6.07, 6.45) is 5.69. The SMILES string of the molecule is CC(C)COc1cccc2c1cc(C(N)=O)n2C1CCN(CCN2CCCCC(N)C2)CC1. The van der Waals surface area contributed by atoms with E-state index in [4.69, 9.17) is 16.2 Å². The van der Waals surface area contributed by atoms with Crippen molar-refractivity contribution >= 4 is 16.8 Å². The Bertz CT molecular complexity index is 932. The zero-order chi connectivity index (χ0) is 23.4. The van der Waals surface area contributed by atoms with Crippen LogP contribution in [0.1, 0.15) is 62.5 Å². The fraction of sp³-hybridized carbons (Fsp3) is 0.654.